The summed E-state index contributed by atoms with van der Waals surface area (Å²) in [6.07, 6.45) is 1.66. The average Bonchev–Trinajstić information content (AvgIpc) is 3.24. The number of piperidine rings is 1. The molecule has 6 nitrogen and oxygen atoms in total. The van der Waals surface area contributed by atoms with E-state index in [0.29, 0.717) is 36.4 Å². The van der Waals surface area contributed by atoms with E-state index in [4.69, 9.17) is 14.2 Å². The highest BCUT2D eigenvalue weighted by atomic mass is 16.7. The van der Waals surface area contributed by atoms with E-state index in [1.165, 1.54) is 0 Å². The summed E-state index contributed by atoms with van der Waals surface area (Å²) in [4.78, 5) is 28.0. The van der Waals surface area contributed by atoms with Crippen molar-refractivity contribution >= 4 is 11.8 Å². The lowest BCUT2D eigenvalue weighted by molar-refractivity contribution is -0.185. The van der Waals surface area contributed by atoms with Crippen molar-refractivity contribution in [2.75, 3.05) is 32.9 Å². The Kier molecular flexibility index (Phi) is 6.27. The molecule has 0 radical (unpaired) electrons. The monoisotopic (exact) mass is 409 g/mol. The lowest BCUT2D eigenvalue weighted by atomic mass is 9.94. The molecule has 0 saturated carbocycles. The number of rotatable bonds is 6. The molecule has 0 unspecified atom stereocenters. The zero-order valence-electron chi connectivity index (χ0n) is 17.3. The Morgan fingerprint density at radius 3 is 2.20 bits per heavy atom. The minimum atomic E-state index is -0.475. The largest absolute Gasteiger partial charge is 0.462 e. The van der Waals surface area contributed by atoms with Crippen molar-refractivity contribution in [2.24, 2.45) is 0 Å². The molecule has 2 saturated heterocycles. The molecule has 2 aromatic rings. The van der Waals surface area contributed by atoms with E-state index in [9.17, 15) is 9.59 Å². The van der Waals surface area contributed by atoms with Crippen LogP contribution in [0.4, 0.5) is 0 Å². The Labute approximate surface area is 176 Å². The van der Waals surface area contributed by atoms with Gasteiger partial charge in [-0.3, -0.25) is 9.69 Å². The molecule has 2 fully saturated rings. The van der Waals surface area contributed by atoms with Crippen LogP contribution in [0.2, 0.25) is 0 Å². The second-order valence-corrected chi connectivity index (χ2v) is 7.64. The molecular formula is C24H27NO5. The summed E-state index contributed by atoms with van der Waals surface area (Å²) in [6.45, 7) is 5.71. The Balaban J connectivity index is 1.53. The third-order valence-corrected chi connectivity index (χ3v) is 5.75. The van der Waals surface area contributed by atoms with E-state index in [0.717, 1.165) is 31.5 Å². The van der Waals surface area contributed by atoms with Crippen LogP contribution in [0.5, 0.6) is 0 Å². The molecule has 30 heavy (non-hydrogen) atoms. The predicted octanol–water partition coefficient (Wildman–Crippen LogP) is 3.43. The van der Waals surface area contributed by atoms with Crippen LogP contribution in [0.15, 0.2) is 48.5 Å². The minimum absolute atomic E-state index is 0.162. The predicted molar refractivity (Wildman–Crippen MR) is 111 cm³/mol. The maximum atomic E-state index is 13.4. The number of benzene rings is 2. The van der Waals surface area contributed by atoms with Crippen LogP contribution in [0.1, 0.15) is 51.6 Å². The van der Waals surface area contributed by atoms with E-state index in [2.05, 4.69) is 4.90 Å². The summed E-state index contributed by atoms with van der Waals surface area (Å²) in [5.74, 6) is -1.05. The van der Waals surface area contributed by atoms with Gasteiger partial charge in [0.05, 0.1) is 25.4 Å². The van der Waals surface area contributed by atoms with Crippen molar-refractivity contribution in [3.05, 3.63) is 70.8 Å². The number of likely N-dealkylation sites (tertiary alicyclic amines) is 1. The van der Waals surface area contributed by atoms with Gasteiger partial charge in [0.2, 0.25) is 0 Å². The third kappa shape index (κ3) is 4.31. The number of ether oxygens (including phenoxy) is 3. The molecule has 0 bridgehead atoms. The van der Waals surface area contributed by atoms with Gasteiger partial charge < -0.3 is 14.2 Å². The number of hydrogen-bond acceptors (Lipinski definition) is 6. The van der Waals surface area contributed by atoms with Crippen molar-refractivity contribution in [2.45, 2.75) is 32.1 Å². The molecule has 2 heterocycles. The Bertz CT molecular complexity index is 909. The zero-order chi connectivity index (χ0) is 21.0. The van der Waals surface area contributed by atoms with Gasteiger partial charge >= 0.3 is 5.97 Å². The third-order valence-electron chi connectivity index (χ3n) is 5.75. The molecule has 0 aliphatic carbocycles. The Morgan fingerprint density at radius 1 is 0.933 bits per heavy atom. The molecule has 2 aromatic carbocycles. The van der Waals surface area contributed by atoms with Crippen LogP contribution in [0, 0.1) is 0 Å². The molecule has 0 atom stereocenters. The highest BCUT2D eigenvalue weighted by molar-refractivity contribution is 6.15. The van der Waals surface area contributed by atoms with Gasteiger partial charge in [-0.15, -0.1) is 0 Å². The zero-order valence-corrected chi connectivity index (χ0v) is 17.3. The first kappa shape index (κ1) is 20.7. The molecular weight excluding hydrogens is 382 g/mol. The fraction of sp³-hybridized carbons (Fsp3) is 0.417. The standard InChI is InChI=1S/C24H27NO5/c1-2-28-23(27)21-10-6-5-9-20(21)22(26)19-8-4-3-7-18(19)17-25-13-11-24(12-14-25)29-15-16-30-24/h3-10H,2,11-17H2,1H3. The van der Waals surface area contributed by atoms with Gasteiger partial charge in [0.15, 0.2) is 11.6 Å². The van der Waals surface area contributed by atoms with Crippen LogP contribution in [0.3, 0.4) is 0 Å². The van der Waals surface area contributed by atoms with Crippen LogP contribution >= 0.6 is 0 Å². The van der Waals surface area contributed by atoms with Crippen LogP contribution in [-0.2, 0) is 20.8 Å². The van der Waals surface area contributed by atoms with Gasteiger partial charge in [0.25, 0.3) is 0 Å². The van der Waals surface area contributed by atoms with Gasteiger partial charge in [-0.2, -0.15) is 0 Å². The fourth-order valence-corrected chi connectivity index (χ4v) is 4.17. The highest BCUT2D eigenvalue weighted by Crippen LogP contribution is 2.32. The van der Waals surface area contributed by atoms with Crippen LogP contribution in [0.25, 0.3) is 0 Å². The first-order chi connectivity index (χ1) is 14.6. The molecule has 0 amide bonds. The van der Waals surface area contributed by atoms with Gasteiger partial charge in [-0.25, -0.2) is 4.79 Å². The Morgan fingerprint density at radius 2 is 1.53 bits per heavy atom. The lowest BCUT2D eigenvalue weighted by Gasteiger charge is -2.37. The molecule has 2 aliphatic rings. The molecule has 2 aliphatic heterocycles. The minimum Gasteiger partial charge on any atom is -0.462 e. The Hall–Kier alpha value is -2.54. The summed E-state index contributed by atoms with van der Waals surface area (Å²) >= 11 is 0. The van der Waals surface area contributed by atoms with Gasteiger partial charge in [-0.1, -0.05) is 42.5 Å². The van der Waals surface area contributed by atoms with Crippen molar-refractivity contribution in [1.82, 2.24) is 4.90 Å². The van der Waals surface area contributed by atoms with Crippen molar-refractivity contribution in [3.63, 3.8) is 0 Å². The van der Waals surface area contributed by atoms with Gasteiger partial charge in [-0.05, 0) is 18.6 Å². The maximum absolute atomic E-state index is 13.4. The second kappa shape index (κ2) is 9.08. The fourth-order valence-electron chi connectivity index (χ4n) is 4.17. The van der Waals surface area contributed by atoms with Crippen molar-refractivity contribution < 1.29 is 23.8 Å². The topological polar surface area (TPSA) is 65.1 Å². The SMILES string of the molecule is CCOC(=O)c1ccccc1C(=O)c1ccccc1CN1CCC2(CC1)OCCO2. The average molecular weight is 409 g/mol. The molecule has 4 rings (SSSR count). The molecule has 0 N–H and O–H groups in total. The van der Waals surface area contributed by atoms with Crippen LogP contribution < -0.4 is 0 Å². The van der Waals surface area contributed by atoms with Gasteiger partial charge in [0, 0.05) is 43.6 Å². The quantitative estimate of drug-likeness (QED) is 0.538. The normalized spacial score (nSPS) is 18.4. The van der Waals surface area contributed by atoms with E-state index in [-0.39, 0.29) is 12.4 Å². The first-order valence-corrected chi connectivity index (χ1v) is 10.5. The van der Waals surface area contributed by atoms with Crippen molar-refractivity contribution in [1.29, 1.82) is 0 Å². The second-order valence-electron chi connectivity index (χ2n) is 7.64. The van der Waals surface area contributed by atoms with Crippen LogP contribution in [-0.4, -0.2) is 55.3 Å². The maximum Gasteiger partial charge on any atom is 0.338 e. The van der Waals surface area contributed by atoms with E-state index in [1.54, 1.807) is 31.2 Å². The molecule has 6 heteroatoms. The number of carbonyl (C=O) groups excluding carboxylic acids is 2. The molecule has 1 spiro atoms. The van der Waals surface area contributed by atoms with Crippen molar-refractivity contribution in [3.8, 4) is 0 Å². The highest BCUT2D eigenvalue weighted by Gasteiger charge is 2.39. The number of nitrogens with zero attached hydrogens (tertiary/aromatic N) is 1. The number of esters is 1. The van der Waals surface area contributed by atoms with E-state index < -0.39 is 11.8 Å². The summed E-state index contributed by atoms with van der Waals surface area (Å²) in [7, 11) is 0. The van der Waals surface area contributed by atoms with E-state index >= 15 is 0 Å². The molecule has 158 valence electrons. The number of carbonyl (C=O) groups is 2. The summed E-state index contributed by atoms with van der Waals surface area (Å²) in [5.41, 5.74) is 2.23. The lowest BCUT2D eigenvalue weighted by Crippen LogP contribution is -2.44. The summed E-state index contributed by atoms with van der Waals surface area (Å²) < 4.78 is 16.7. The summed E-state index contributed by atoms with van der Waals surface area (Å²) in [5, 5.41) is 0. The van der Waals surface area contributed by atoms with E-state index in [1.807, 2.05) is 24.3 Å². The smallest absolute Gasteiger partial charge is 0.338 e. The summed E-state index contributed by atoms with van der Waals surface area (Å²) in [6, 6.07) is 14.4. The number of ketones is 1. The number of hydrogen-bond donors (Lipinski definition) is 0. The van der Waals surface area contributed by atoms with Gasteiger partial charge in [0.1, 0.15) is 0 Å². The first-order valence-electron chi connectivity index (χ1n) is 10.5. The molecule has 0 aromatic heterocycles.